The van der Waals surface area contributed by atoms with Gasteiger partial charge in [0.1, 0.15) is 5.75 Å². The van der Waals surface area contributed by atoms with Crippen molar-refractivity contribution < 1.29 is 4.74 Å². The fraction of sp³-hybridized carbons (Fsp3) is 0.364. The molecule has 0 spiro atoms. The summed E-state index contributed by atoms with van der Waals surface area (Å²) < 4.78 is 5.23. The predicted octanol–water partition coefficient (Wildman–Crippen LogP) is 2.33. The van der Waals surface area contributed by atoms with Crippen LogP contribution in [0.25, 0.3) is 0 Å². The zero-order valence-corrected chi connectivity index (χ0v) is 10.9. The largest absolute Gasteiger partial charge is 0.496 e. The third-order valence-corrected chi connectivity index (χ3v) is 2.70. The molecule has 1 rings (SSSR count). The van der Waals surface area contributed by atoms with Gasteiger partial charge < -0.3 is 15.4 Å². The molecule has 1 aromatic carbocycles. The van der Waals surface area contributed by atoms with E-state index >= 15 is 0 Å². The fourth-order valence-corrected chi connectivity index (χ4v) is 1.74. The maximum absolute atomic E-state index is 6.09. The monoisotopic (exact) mass is 258 g/mol. The van der Waals surface area contributed by atoms with Gasteiger partial charge in [0.2, 0.25) is 0 Å². The van der Waals surface area contributed by atoms with Gasteiger partial charge in [-0.2, -0.15) is 0 Å². The lowest BCUT2D eigenvalue weighted by Gasteiger charge is -2.13. The average Bonchev–Trinajstić information content (AvgIpc) is 2.27. The molecule has 0 unspecified atom stereocenters. The molecule has 0 aliphatic heterocycles. The SMILES string of the molecule is CCNC(=S)NCc1c(Cl)cccc1OC. The molecule has 3 nitrogen and oxygen atoms in total. The van der Waals surface area contributed by atoms with E-state index in [-0.39, 0.29) is 0 Å². The van der Waals surface area contributed by atoms with Crippen LogP contribution in [0.15, 0.2) is 18.2 Å². The smallest absolute Gasteiger partial charge is 0.166 e. The lowest BCUT2D eigenvalue weighted by atomic mass is 10.2. The molecule has 0 saturated heterocycles. The number of halogens is 1. The Morgan fingerprint density at radius 2 is 2.19 bits per heavy atom. The van der Waals surface area contributed by atoms with Crippen molar-refractivity contribution in [3.8, 4) is 5.75 Å². The summed E-state index contributed by atoms with van der Waals surface area (Å²) in [5, 5.41) is 7.37. The average molecular weight is 259 g/mol. The Balaban J connectivity index is 2.69. The number of ether oxygens (including phenoxy) is 1. The van der Waals surface area contributed by atoms with Gasteiger partial charge in [0, 0.05) is 23.7 Å². The second-order valence-electron chi connectivity index (χ2n) is 3.13. The summed E-state index contributed by atoms with van der Waals surface area (Å²) in [6.07, 6.45) is 0. The minimum Gasteiger partial charge on any atom is -0.496 e. The van der Waals surface area contributed by atoms with E-state index in [1.54, 1.807) is 7.11 Å². The van der Waals surface area contributed by atoms with E-state index in [0.717, 1.165) is 17.9 Å². The van der Waals surface area contributed by atoms with Gasteiger partial charge in [-0.3, -0.25) is 0 Å². The van der Waals surface area contributed by atoms with Crippen LogP contribution in [-0.4, -0.2) is 18.8 Å². The van der Waals surface area contributed by atoms with Crippen LogP contribution in [0.5, 0.6) is 5.75 Å². The van der Waals surface area contributed by atoms with E-state index in [4.69, 9.17) is 28.6 Å². The Hall–Kier alpha value is -1.00. The highest BCUT2D eigenvalue weighted by Crippen LogP contribution is 2.25. The van der Waals surface area contributed by atoms with Crippen LogP contribution in [0.3, 0.4) is 0 Å². The second kappa shape index (κ2) is 6.55. The molecule has 0 heterocycles. The van der Waals surface area contributed by atoms with Crippen molar-refractivity contribution in [2.75, 3.05) is 13.7 Å². The van der Waals surface area contributed by atoms with Crippen LogP contribution < -0.4 is 15.4 Å². The van der Waals surface area contributed by atoms with E-state index in [1.165, 1.54) is 0 Å². The molecular weight excluding hydrogens is 244 g/mol. The summed E-state index contributed by atoms with van der Waals surface area (Å²) >= 11 is 11.2. The van der Waals surface area contributed by atoms with Gasteiger partial charge >= 0.3 is 0 Å². The Morgan fingerprint density at radius 1 is 1.44 bits per heavy atom. The van der Waals surface area contributed by atoms with E-state index in [9.17, 15) is 0 Å². The summed E-state index contributed by atoms with van der Waals surface area (Å²) in [4.78, 5) is 0. The van der Waals surface area contributed by atoms with E-state index in [1.807, 2.05) is 25.1 Å². The van der Waals surface area contributed by atoms with Crippen molar-refractivity contribution in [2.24, 2.45) is 0 Å². The standard InChI is InChI=1S/C11H15ClN2OS/c1-3-13-11(16)14-7-8-9(12)5-4-6-10(8)15-2/h4-6H,3,7H2,1-2H3,(H2,13,14,16). The first-order valence-corrected chi connectivity index (χ1v) is 5.80. The molecule has 16 heavy (non-hydrogen) atoms. The topological polar surface area (TPSA) is 33.3 Å². The maximum Gasteiger partial charge on any atom is 0.166 e. The minimum absolute atomic E-state index is 0.550. The number of hydrogen-bond donors (Lipinski definition) is 2. The number of benzene rings is 1. The molecular formula is C11H15ClN2OS. The first kappa shape index (κ1) is 13.1. The Bertz CT molecular complexity index is 371. The molecule has 0 amide bonds. The molecule has 0 aliphatic carbocycles. The lowest BCUT2D eigenvalue weighted by molar-refractivity contribution is 0.409. The van der Waals surface area contributed by atoms with Crippen LogP contribution in [0, 0.1) is 0 Å². The molecule has 0 aromatic heterocycles. The first-order chi connectivity index (χ1) is 7.69. The highest BCUT2D eigenvalue weighted by Gasteiger charge is 2.07. The van der Waals surface area contributed by atoms with Crippen molar-refractivity contribution in [1.82, 2.24) is 10.6 Å². The molecule has 1 aromatic rings. The molecule has 0 aliphatic rings. The van der Waals surface area contributed by atoms with Crippen molar-refractivity contribution in [3.05, 3.63) is 28.8 Å². The van der Waals surface area contributed by atoms with Crippen LogP contribution in [-0.2, 0) is 6.54 Å². The quantitative estimate of drug-likeness (QED) is 0.813. The Kier molecular flexibility index (Phi) is 5.35. The highest BCUT2D eigenvalue weighted by atomic mass is 35.5. The summed E-state index contributed by atoms with van der Waals surface area (Å²) in [7, 11) is 1.62. The van der Waals surface area contributed by atoms with E-state index in [0.29, 0.717) is 16.7 Å². The molecule has 5 heteroatoms. The van der Waals surface area contributed by atoms with Crippen LogP contribution in [0.2, 0.25) is 5.02 Å². The zero-order chi connectivity index (χ0) is 12.0. The summed E-state index contributed by atoms with van der Waals surface area (Å²) in [5.74, 6) is 0.763. The molecule has 0 bridgehead atoms. The highest BCUT2D eigenvalue weighted by molar-refractivity contribution is 7.80. The van der Waals surface area contributed by atoms with Crippen LogP contribution in [0.4, 0.5) is 0 Å². The predicted molar refractivity (Wildman–Crippen MR) is 71.1 cm³/mol. The van der Waals surface area contributed by atoms with E-state index in [2.05, 4.69) is 10.6 Å². The van der Waals surface area contributed by atoms with Crippen molar-refractivity contribution >= 4 is 28.9 Å². The normalized spacial score (nSPS) is 9.69. The van der Waals surface area contributed by atoms with Gasteiger partial charge in [0.05, 0.1) is 7.11 Å². The van der Waals surface area contributed by atoms with Gasteiger partial charge in [0.25, 0.3) is 0 Å². The lowest BCUT2D eigenvalue weighted by Crippen LogP contribution is -2.34. The Morgan fingerprint density at radius 3 is 2.81 bits per heavy atom. The number of methoxy groups -OCH3 is 1. The van der Waals surface area contributed by atoms with Crippen LogP contribution >= 0.6 is 23.8 Å². The molecule has 0 atom stereocenters. The van der Waals surface area contributed by atoms with Gasteiger partial charge in [-0.15, -0.1) is 0 Å². The van der Waals surface area contributed by atoms with Gasteiger partial charge in [-0.05, 0) is 31.3 Å². The van der Waals surface area contributed by atoms with Gasteiger partial charge in [-0.25, -0.2) is 0 Å². The third-order valence-electron chi connectivity index (χ3n) is 2.06. The van der Waals surface area contributed by atoms with Crippen molar-refractivity contribution in [2.45, 2.75) is 13.5 Å². The van der Waals surface area contributed by atoms with Crippen LogP contribution in [0.1, 0.15) is 12.5 Å². The first-order valence-electron chi connectivity index (χ1n) is 5.02. The van der Waals surface area contributed by atoms with E-state index < -0.39 is 0 Å². The molecule has 0 radical (unpaired) electrons. The fourth-order valence-electron chi connectivity index (χ4n) is 1.29. The summed E-state index contributed by atoms with van der Waals surface area (Å²) in [6, 6.07) is 5.56. The molecule has 0 fully saturated rings. The summed E-state index contributed by atoms with van der Waals surface area (Å²) in [6.45, 7) is 3.34. The van der Waals surface area contributed by atoms with Gasteiger partial charge in [0.15, 0.2) is 5.11 Å². The molecule has 2 N–H and O–H groups in total. The zero-order valence-electron chi connectivity index (χ0n) is 9.34. The van der Waals surface area contributed by atoms with Crippen molar-refractivity contribution in [1.29, 1.82) is 0 Å². The minimum atomic E-state index is 0.550. The Labute approximate surface area is 106 Å². The number of thiocarbonyl (C=S) groups is 1. The number of rotatable bonds is 4. The van der Waals surface area contributed by atoms with Gasteiger partial charge in [-0.1, -0.05) is 17.7 Å². The summed E-state index contributed by atoms with van der Waals surface area (Å²) in [5.41, 5.74) is 0.909. The third kappa shape index (κ3) is 3.54. The second-order valence-corrected chi connectivity index (χ2v) is 3.95. The maximum atomic E-state index is 6.09. The number of nitrogens with one attached hydrogen (secondary N) is 2. The van der Waals surface area contributed by atoms with Crippen molar-refractivity contribution in [3.63, 3.8) is 0 Å². The number of hydrogen-bond acceptors (Lipinski definition) is 2. The molecule has 88 valence electrons. The molecule has 0 saturated carbocycles.